The van der Waals surface area contributed by atoms with Crippen LogP contribution in [0.5, 0.6) is 0 Å². The third-order valence-electron chi connectivity index (χ3n) is 4.33. The van der Waals surface area contributed by atoms with Gasteiger partial charge in [-0.05, 0) is 18.1 Å². The van der Waals surface area contributed by atoms with Gasteiger partial charge in [-0.2, -0.15) is 5.10 Å². The first-order chi connectivity index (χ1) is 11.9. The minimum absolute atomic E-state index is 0.0708. The first-order valence-electron chi connectivity index (χ1n) is 7.69. The molecule has 2 aromatic rings. The van der Waals surface area contributed by atoms with Gasteiger partial charge in [-0.3, -0.25) is 19.7 Å². The van der Waals surface area contributed by atoms with Crippen molar-refractivity contribution in [3.63, 3.8) is 0 Å². The van der Waals surface area contributed by atoms with E-state index in [1.807, 2.05) is 0 Å². The van der Waals surface area contributed by atoms with E-state index in [2.05, 4.69) is 5.10 Å². The van der Waals surface area contributed by atoms with Crippen LogP contribution in [0.15, 0.2) is 36.5 Å². The van der Waals surface area contributed by atoms with Crippen LogP contribution in [-0.2, 0) is 4.79 Å². The number of carboxylic acid groups (broad SMARTS) is 1. The van der Waals surface area contributed by atoms with Gasteiger partial charge in [0.1, 0.15) is 0 Å². The predicted octanol–water partition coefficient (Wildman–Crippen LogP) is 1.57. The normalized spacial score (nSPS) is 19.8. The van der Waals surface area contributed by atoms with Crippen molar-refractivity contribution >= 4 is 17.6 Å². The molecule has 1 aromatic carbocycles. The molecule has 1 aliphatic rings. The van der Waals surface area contributed by atoms with E-state index in [1.165, 1.54) is 33.8 Å². The Hall–Kier alpha value is -3.23. The molecular weight excluding hydrogens is 328 g/mol. The monoisotopic (exact) mass is 344 g/mol. The number of amides is 1. The highest BCUT2D eigenvalue weighted by Gasteiger charge is 2.37. The van der Waals surface area contributed by atoms with Gasteiger partial charge in [0.15, 0.2) is 5.69 Å². The number of hydrogen-bond acceptors (Lipinski definition) is 5. The fraction of sp³-hybridized carbons (Fsp3) is 0.312. The minimum atomic E-state index is -0.912. The van der Waals surface area contributed by atoms with Crippen molar-refractivity contribution in [3.05, 3.63) is 52.3 Å². The zero-order chi connectivity index (χ0) is 18.1. The largest absolute Gasteiger partial charge is 0.481 e. The van der Waals surface area contributed by atoms with Gasteiger partial charge in [0.2, 0.25) is 0 Å². The SMILES string of the molecule is C[C@@H]1CN(C(=O)c2ccn(-c3cccc([N+](=O)[O-])c3)n2)C[C@H]1C(=O)O. The number of likely N-dealkylation sites (tertiary alicyclic amines) is 1. The summed E-state index contributed by atoms with van der Waals surface area (Å²) in [6, 6.07) is 7.43. The summed E-state index contributed by atoms with van der Waals surface area (Å²) in [5, 5.41) is 24.2. The van der Waals surface area contributed by atoms with Crippen LogP contribution in [0.25, 0.3) is 5.69 Å². The lowest BCUT2D eigenvalue weighted by molar-refractivity contribution is -0.384. The summed E-state index contributed by atoms with van der Waals surface area (Å²) < 4.78 is 1.38. The summed E-state index contributed by atoms with van der Waals surface area (Å²) in [7, 11) is 0. The van der Waals surface area contributed by atoms with Gasteiger partial charge in [-0.15, -0.1) is 0 Å². The summed E-state index contributed by atoms with van der Waals surface area (Å²) in [6.45, 7) is 2.31. The molecule has 9 heteroatoms. The lowest BCUT2D eigenvalue weighted by Gasteiger charge is -2.14. The van der Waals surface area contributed by atoms with E-state index in [1.54, 1.807) is 19.2 Å². The van der Waals surface area contributed by atoms with Crippen LogP contribution in [0.4, 0.5) is 5.69 Å². The van der Waals surface area contributed by atoms with Crippen molar-refractivity contribution in [2.24, 2.45) is 11.8 Å². The number of aliphatic carboxylic acids is 1. The number of nitro groups is 1. The predicted molar refractivity (Wildman–Crippen MR) is 86.4 cm³/mol. The van der Waals surface area contributed by atoms with Crippen molar-refractivity contribution in [2.75, 3.05) is 13.1 Å². The Kier molecular flexibility index (Phi) is 4.22. The number of carbonyl (C=O) groups is 2. The molecule has 0 radical (unpaired) electrons. The van der Waals surface area contributed by atoms with Gasteiger partial charge in [0.25, 0.3) is 11.6 Å². The van der Waals surface area contributed by atoms with Crippen molar-refractivity contribution in [1.82, 2.24) is 14.7 Å². The number of benzene rings is 1. The lowest BCUT2D eigenvalue weighted by atomic mass is 9.99. The molecule has 0 saturated carbocycles. The Morgan fingerprint density at radius 3 is 2.72 bits per heavy atom. The fourth-order valence-electron chi connectivity index (χ4n) is 2.95. The maximum absolute atomic E-state index is 12.5. The molecule has 2 atom stereocenters. The first kappa shape index (κ1) is 16.6. The molecule has 25 heavy (non-hydrogen) atoms. The first-order valence-corrected chi connectivity index (χ1v) is 7.69. The number of hydrogen-bond donors (Lipinski definition) is 1. The van der Waals surface area contributed by atoms with Gasteiger partial charge in [0, 0.05) is 31.4 Å². The van der Waals surface area contributed by atoms with Gasteiger partial charge in [0.05, 0.1) is 16.5 Å². The second kappa shape index (κ2) is 6.34. The van der Waals surface area contributed by atoms with E-state index in [0.717, 1.165) is 0 Å². The van der Waals surface area contributed by atoms with E-state index in [4.69, 9.17) is 5.11 Å². The topological polar surface area (TPSA) is 119 Å². The van der Waals surface area contributed by atoms with Crippen LogP contribution in [-0.4, -0.2) is 49.7 Å². The molecule has 130 valence electrons. The van der Waals surface area contributed by atoms with E-state index < -0.39 is 16.8 Å². The Labute approximate surface area is 142 Å². The third kappa shape index (κ3) is 3.21. The molecule has 1 fully saturated rings. The number of non-ortho nitro benzene ring substituents is 1. The molecule has 1 aromatic heterocycles. The van der Waals surface area contributed by atoms with Gasteiger partial charge in [-0.25, -0.2) is 4.68 Å². The van der Waals surface area contributed by atoms with Gasteiger partial charge in [-0.1, -0.05) is 13.0 Å². The van der Waals surface area contributed by atoms with E-state index >= 15 is 0 Å². The number of carboxylic acids is 1. The fourth-order valence-corrected chi connectivity index (χ4v) is 2.95. The van der Waals surface area contributed by atoms with Crippen molar-refractivity contribution in [3.8, 4) is 5.69 Å². The maximum Gasteiger partial charge on any atom is 0.308 e. The Balaban J connectivity index is 1.80. The zero-order valence-corrected chi connectivity index (χ0v) is 13.4. The molecule has 1 amide bonds. The molecule has 1 saturated heterocycles. The Morgan fingerprint density at radius 2 is 2.08 bits per heavy atom. The lowest BCUT2D eigenvalue weighted by Crippen LogP contribution is -2.30. The summed E-state index contributed by atoms with van der Waals surface area (Å²) >= 11 is 0. The Morgan fingerprint density at radius 1 is 1.32 bits per heavy atom. The summed E-state index contributed by atoms with van der Waals surface area (Å²) in [5.74, 6) is -1.96. The second-order valence-corrected chi connectivity index (χ2v) is 6.05. The standard InChI is InChI=1S/C16H16N4O5/c1-10-8-18(9-13(10)16(22)23)15(21)14-5-6-19(17-14)11-3-2-4-12(7-11)20(24)25/h2-7,10,13H,8-9H2,1H3,(H,22,23)/t10-,13-/m1/s1. The van der Waals surface area contributed by atoms with Crippen LogP contribution < -0.4 is 0 Å². The number of nitro benzene ring substituents is 1. The van der Waals surface area contributed by atoms with Crippen molar-refractivity contribution in [1.29, 1.82) is 0 Å². The molecule has 1 aliphatic heterocycles. The van der Waals surface area contributed by atoms with E-state index in [0.29, 0.717) is 12.2 Å². The van der Waals surface area contributed by atoms with Gasteiger partial charge >= 0.3 is 5.97 Å². The molecule has 0 spiro atoms. The summed E-state index contributed by atoms with van der Waals surface area (Å²) in [5.41, 5.74) is 0.565. The molecule has 9 nitrogen and oxygen atoms in total. The van der Waals surface area contributed by atoms with Crippen LogP contribution >= 0.6 is 0 Å². The van der Waals surface area contributed by atoms with Crippen LogP contribution in [0, 0.1) is 22.0 Å². The van der Waals surface area contributed by atoms with E-state index in [-0.39, 0.29) is 29.8 Å². The smallest absolute Gasteiger partial charge is 0.308 e. The quantitative estimate of drug-likeness (QED) is 0.664. The highest BCUT2D eigenvalue weighted by atomic mass is 16.6. The van der Waals surface area contributed by atoms with Crippen molar-refractivity contribution in [2.45, 2.75) is 6.92 Å². The van der Waals surface area contributed by atoms with Crippen LogP contribution in [0.1, 0.15) is 17.4 Å². The number of carbonyl (C=O) groups excluding carboxylic acids is 1. The average molecular weight is 344 g/mol. The van der Waals surface area contributed by atoms with Crippen LogP contribution in [0.3, 0.4) is 0 Å². The van der Waals surface area contributed by atoms with Gasteiger partial charge < -0.3 is 10.0 Å². The highest BCUT2D eigenvalue weighted by molar-refractivity contribution is 5.93. The maximum atomic E-state index is 12.5. The molecule has 1 N–H and O–H groups in total. The molecule has 0 aliphatic carbocycles. The van der Waals surface area contributed by atoms with Crippen LogP contribution in [0.2, 0.25) is 0 Å². The number of nitrogens with zero attached hydrogens (tertiary/aromatic N) is 4. The molecule has 0 bridgehead atoms. The number of aromatic nitrogens is 2. The Bertz CT molecular complexity index is 847. The molecule has 0 unspecified atom stereocenters. The molecule has 2 heterocycles. The minimum Gasteiger partial charge on any atom is -0.481 e. The summed E-state index contributed by atoms with van der Waals surface area (Å²) in [6.07, 6.45) is 1.54. The third-order valence-corrected chi connectivity index (χ3v) is 4.33. The van der Waals surface area contributed by atoms with Crippen molar-refractivity contribution < 1.29 is 19.6 Å². The highest BCUT2D eigenvalue weighted by Crippen LogP contribution is 2.24. The average Bonchev–Trinajstić information content (AvgIpc) is 3.21. The zero-order valence-electron chi connectivity index (χ0n) is 13.4. The second-order valence-electron chi connectivity index (χ2n) is 6.05. The molecule has 3 rings (SSSR count). The van der Waals surface area contributed by atoms with E-state index in [9.17, 15) is 19.7 Å². The summed E-state index contributed by atoms with van der Waals surface area (Å²) in [4.78, 5) is 35.5. The number of rotatable bonds is 4. The molecular formula is C16H16N4O5.